The lowest BCUT2D eigenvalue weighted by Gasteiger charge is -2.40. The van der Waals surface area contributed by atoms with Crippen molar-refractivity contribution in [1.82, 2.24) is 5.32 Å². The molecule has 0 bridgehead atoms. The zero-order chi connectivity index (χ0) is 16.1. The molecule has 22 heavy (non-hydrogen) atoms. The summed E-state index contributed by atoms with van der Waals surface area (Å²) in [5.41, 5.74) is 6.15. The van der Waals surface area contributed by atoms with Crippen LogP contribution in [0.5, 0.6) is 0 Å². The van der Waals surface area contributed by atoms with Gasteiger partial charge in [0.15, 0.2) is 6.29 Å². The van der Waals surface area contributed by atoms with Crippen LogP contribution in [0.15, 0.2) is 30.3 Å². The van der Waals surface area contributed by atoms with Crippen molar-refractivity contribution in [3.8, 4) is 0 Å². The summed E-state index contributed by atoms with van der Waals surface area (Å²) in [7, 11) is 0. The summed E-state index contributed by atoms with van der Waals surface area (Å²) < 4.78 is 10.0. The normalized spacial score (nSPS) is 31.5. The molecule has 0 aliphatic carbocycles. The van der Waals surface area contributed by atoms with Gasteiger partial charge in [-0.2, -0.15) is 0 Å². The van der Waals surface area contributed by atoms with Crippen molar-refractivity contribution in [2.24, 2.45) is 5.73 Å². The van der Waals surface area contributed by atoms with Gasteiger partial charge in [0.1, 0.15) is 31.0 Å². The third-order valence-corrected chi connectivity index (χ3v) is 3.45. The van der Waals surface area contributed by atoms with Gasteiger partial charge in [0, 0.05) is 6.54 Å². The van der Waals surface area contributed by atoms with Crippen molar-refractivity contribution in [3.63, 3.8) is 0 Å². The van der Waals surface area contributed by atoms with E-state index in [-0.39, 0.29) is 13.2 Å². The molecule has 1 amide bonds. The summed E-state index contributed by atoms with van der Waals surface area (Å²) in [4.78, 5) is 11.7. The Bertz CT molecular complexity index is 485. The molecule has 1 aromatic rings. The minimum atomic E-state index is -1.49. The zero-order valence-corrected chi connectivity index (χ0v) is 11.8. The van der Waals surface area contributed by atoms with Crippen LogP contribution in [0.25, 0.3) is 0 Å². The molecule has 0 radical (unpaired) electrons. The molecule has 1 aromatic carbocycles. The van der Waals surface area contributed by atoms with Gasteiger partial charge in [0.05, 0.1) is 0 Å². The van der Waals surface area contributed by atoms with E-state index in [2.05, 4.69) is 5.32 Å². The third-order valence-electron chi connectivity index (χ3n) is 3.45. The Morgan fingerprint density at radius 3 is 2.55 bits per heavy atom. The van der Waals surface area contributed by atoms with Gasteiger partial charge in [0.2, 0.25) is 0 Å². The first kappa shape index (κ1) is 16.7. The number of amides is 1. The van der Waals surface area contributed by atoms with Crippen molar-refractivity contribution in [1.29, 1.82) is 0 Å². The first-order valence-electron chi connectivity index (χ1n) is 6.90. The Hall–Kier alpha value is -1.71. The number of hydrogen-bond acceptors (Lipinski definition) is 7. The second-order valence-electron chi connectivity index (χ2n) is 5.01. The fourth-order valence-corrected chi connectivity index (χ4v) is 2.20. The molecule has 6 N–H and O–H groups in total. The first-order valence-corrected chi connectivity index (χ1v) is 6.90. The number of hydrogen-bond donors (Lipinski definition) is 5. The highest BCUT2D eigenvalue weighted by molar-refractivity contribution is 5.67. The standard InChI is InChI=1S/C14H20N2O6/c15-6-9-11(17)12(18)10(13(19)22-9)16-14(20)21-7-8-4-2-1-3-5-8/h1-5,9-13,17-19H,6-7,15H2,(H,16,20)/t9-,10-,11-,12-,13+/m1/s1. The molecule has 1 aliphatic rings. The first-order chi connectivity index (χ1) is 10.5. The molecule has 0 saturated carbocycles. The van der Waals surface area contributed by atoms with Crippen molar-refractivity contribution in [2.45, 2.75) is 37.3 Å². The highest BCUT2D eigenvalue weighted by Gasteiger charge is 2.44. The Labute approximate surface area is 127 Å². The minimum Gasteiger partial charge on any atom is -0.445 e. The van der Waals surface area contributed by atoms with Crippen LogP contribution in [0.3, 0.4) is 0 Å². The van der Waals surface area contributed by atoms with E-state index in [4.69, 9.17) is 15.2 Å². The van der Waals surface area contributed by atoms with Crippen LogP contribution < -0.4 is 11.1 Å². The summed E-state index contributed by atoms with van der Waals surface area (Å²) >= 11 is 0. The van der Waals surface area contributed by atoms with Gasteiger partial charge in [-0.1, -0.05) is 30.3 Å². The van der Waals surface area contributed by atoms with Crippen LogP contribution in [0.1, 0.15) is 5.56 Å². The smallest absolute Gasteiger partial charge is 0.407 e. The fraction of sp³-hybridized carbons (Fsp3) is 0.500. The van der Waals surface area contributed by atoms with Crippen LogP contribution >= 0.6 is 0 Å². The molecule has 0 spiro atoms. The molecule has 0 unspecified atom stereocenters. The lowest BCUT2D eigenvalue weighted by molar-refractivity contribution is -0.243. The van der Waals surface area contributed by atoms with Gasteiger partial charge in [-0.3, -0.25) is 0 Å². The van der Waals surface area contributed by atoms with Gasteiger partial charge in [0.25, 0.3) is 0 Å². The van der Waals surface area contributed by atoms with E-state index in [1.54, 1.807) is 12.1 Å². The SMILES string of the molecule is NC[C@H]1O[C@H](O)[C@H](NC(=O)OCc2ccccc2)[C@@H](O)[C@@H]1O. The summed E-state index contributed by atoms with van der Waals surface area (Å²) in [6.07, 6.45) is -5.96. The lowest BCUT2D eigenvalue weighted by Crippen LogP contribution is -2.64. The maximum atomic E-state index is 11.7. The van der Waals surface area contributed by atoms with Crippen molar-refractivity contribution < 1.29 is 29.6 Å². The summed E-state index contributed by atoms with van der Waals surface area (Å²) in [5.74, 6) is 0. The quantitative estimate of drug-likeness (QED) is 0.465. The van der Waals surface area contributed by atoms with E-state index in [0.717, 1.165) is 5.56 Å². The van der Waals surface area contributed by atoms with Crippen molar-refractivity contribution in [3.05, 3.63) is 35.9 Å². The largest absolute Gasteiger partial charge is 0.445 e. The molecule has 0 aromatic heterocycles. The Balaban J connectivity index is 1.87. The summed E-state index contributed by atoms with van der Waals surface area (Å²) in [6, 6.07) is 7.82. The maximum absolute atomic E-state index is 11.7. The Kier molecular flexibility index (Phi) is 5.69. The second-order valence-corrected chi connectivity index (χ2v) is 5.01. The van der Waals surface area contributed by atoms with Crippen LogP contribution in [-0.4, -0.2) is 58.6 Å². The van der Waals surface area contributed by atoms with Crippen molar-refractivity contribution in [2.75, 3.05) is 6.54 Å². The topological polar surface area (TPSA) is 134 Å². The average Bonchev–Trinajstić information content (AvgIpc) is 2.54. The number of carbonyl (C=O) groups is 1. The Morgan fingerprint density at radius 1 is 1.23 bits per heavy atom. The molecular formula is C14H20N2O6. The van der Waals surface area contributed by atoms with E-state index in [1.165, 1.54) is 0 Å². The van der Waals surface area contributed by atoms with Gasteiger partial charge in [-0.25, -0.2) is 4.79 Å². The fourth-order valence-electron chi connectivity index (χ4n) is 2.20. The minimum absolute atomic E-state index is 0.0421. The highest BCUT2D eigenvalue weighted by Crippen LogP contribution is 2.19. The van der Waals surface area contributed by atoms with Crippen LogP contribution in [0.4, 0.5) is 4.79 Å². The third kappa shape index (κ3) is 3.93. The molecule has 2 rings (SSSR count). The van der Waals surface area contributed by atoms with E-state index in [0.29, 0.717) is 0 Å². The predicted molar refractivity (Wildman–Crippen MR) is 75.5 cm³/mol. The van der Waals surface area contributed by atoms with Gasteiger partial charge in [-0.05, 0) is 5.56 Å². The summed E-state index contributed by atoms with van der Waals surface area (Å²) in [5, 5.41) is 31.8. The predicted octanol–water partition coefficient (Wildman–Crippen LogP) is -1.32. The highest BCUT2D eigenvalue weighted by atomic mass is 16.6. The molecule has 1 saturated heterocycles. The van der Waals surface area contributed by atoms with E-state index in [1.807, 2.05) is 18.2 Å². The van der Waals surface area contributed by atoms with Gasteiger partial charge in [-0.15, -0.1) is 0 Å². The van der Waals surface area contributed by atoms with Gasteiger partial charge >= 0.3 is 6.09 Å². The molecular weight excluding hydrogens is 292 g/mol. The molecule has 1 aliphatic heterocycles. The maximum Gasteiger partial charge on any atom is 0.407 e. The van der Waals surface area contributed by atoms with E-state index in [9.17, 15) is 20.1 Å². The molecule has 1 fully saturated rings. The van der Waals surface area contributed by atoms with Crippen molar-refractivity contribution >= 4 is 6.09 Å². The monoisotopic (exact) mass is 312 g/mol. The molecule has 5 atom stereocenters. The average molecular weight is 312 g/mol. The van der Waals surface area contributed by atoms with Crippen LogP contribution in [0, 0.1) is 0 Å². The number of rotatable bonds is 4. The number of alkyl carbamates (subject to hydrolysis) is 1. The van der Waals surface area contributed by atoms with E-state index >= 15 is 0 Å². The number of aliphatic hydroxyl groups excluding tert-OH is 3. The Morgan fingerprint density at radius 2 is 1.91 bits per heavy atom. The number of ether oxygens (including phenoxy) is 2. The van der Waals surface area contributed by atoms with Crippen LogP contribution in [-0.2, 0) is 16.1 Å². The number of aliphatic hydroxyl groups is 3. The molecule has 8 heteroatoms. The number of nitrogens with one attached hydrogen (secondary N) is 1. The van der Waals surface area contributed by atoms with E-state index < -0.39 is 36.7 Å². The zero-order valence-electron chi connectivity index (χ0n) is 11.8. The number of nitrogens with two attached hydrogens (primary N) is 1. The molecule has 8 nitrogen and oxygen atoms in total. The molecule has 1 heterocycles. The lowest BCUT2D eigenvalue weighted by atomic mass is 9.97. The van der Waals surface area contributed by atoms with Crippen LogP contribution in [0.2, 0.25) is 0 Å². The number of carbonyl (C=O) groups excluding carboxylic acids is 1. The number of benzene rings is 1. The molecule has 122 valence electrons. The van der Waals surface area contributed by atoms with Gasteiger partial charge < -0.3 is 35.8 Å². The second kappa shape index (κ2) is 7.52. The summed E-state index contributed by atoms with van der Waals surface area (Å²) in [6.45, 7) is -0.0269.